The number of halogens is 5. The van der Waals surface area contributed by atoms with Crippen molar-refractivity contribution < 1.29 is 36.4 Å². The summed E-state index contributed by atoms with van der Waals surface area (Å²) in [7, 11) is 0. The van der Waals surface area contributed by atoms with Crippen molar-refractivity contribution in [3.63, 3.8) is 0 Å². The van der Waals surface area contributed by atoms with E-state index in [1.807, 2.05) is 0 Å². The van der Waals surface area contributed by atoms with Crippen LogP contribution in [0.4, 0.5) is 22.0 Å². The summed E-state index contributed by atoms with van der Waals surface area (Å²) in [5.41, 5.74) is -1.71. The normalized spacial score (nSPS) is 11.7. The summed E-state index contributed by atoms with van der Waals surface area (Å²) in [6, 6.07) is 0.995. The maximum absolute atomic E-state index is 13.4. The molecular formula is C10H3F5N2O3. The second-order valence-electron chi connectivity index (χ2n) is 3.54. The van der Waals surface area contributed by atoms with Crippen LogP contribution in [-0.2, 0) is 6.18 Å². The average Bonchev–Trinajstić information content (AvgIpc) is 2.75. The SMILES string of the molecule is O=C(O)c1c(F)cc(-c2noc(C(F)(F)F)n2)cc1F. The van der Waals surface area contributed by atoms with Crippen LogP contribution < -0.4 is 0 Å². The lowest BCUT2D eigenvalue weighted by molar-refractivity contribution is -0.159. The summed E-state index contributed by atoms with van der Waals surface area (Å²) in [5, 5.41) is 11.5. The van der Waals surface area contributed by atoms with E-state index in [2.05, 4.69) is 14.7 Å². The molecular weight excluding hydrogens is 291 g/mol. The minimum atomic E-state index is -4.90. The Kier molecular flexibility index (Phi) is 3.16. The third kappa shape index (κ3) is 2.44. The molecule has 0 aliphatic rings. The summed E-state index contributed by atoms with van der Waals surface area (Å²) < 4.78 is 67.3. The summed E-state index contributed by atoms with van der Waals surface area (Å²) in [6.07, 6.45) is -4.90. The number of nitrogens with zero attached hydrogens (tertiary/aromatic N) is 2. The molecule has 10 heteroatoms. The number of carbonyl (C=O) groups is 1. The molecule has 0 atom stereocenters. The maximum Gasteiger partial charge on any atom is 0.471 e. The minimum Gasteiger partial charge on any atom is -0.477 e. The van der Waals surface area contributed by atoms with Gasteiger partial charge in [0.05, 0.1) is 0 Å². The minimum absolute atomic E-state index is 0.482. The Morgan fingerprint density at radius 3 is 2.15 bits per heavy atom. The number of benzene rings is 1. The van der Waals surface area contributed by atoms with Crippen LogP contribution in [0.3, 0.4) is 0 Å². The van der Waals surface area contributed by atoms with Gasteiger partial charge >= 0.3 is 18.0 Å². The number of alkyl halides is 3. The largest absolute Gasteiger partial charge is 0.477 e. The molecule has 1 aromatic heterocycles. The highest BCUT2D eigenvalue weighted by atomic mass is 19.4. The van der Waals surface area contributed by atoms with Gasteiger partial charge in [-0.25, -0.2) is 13.6 Å². The first-order valence-electron chi connectivity index (χ1n) is 4.83. The molecule has 20 heavy (non-hydrogen) atoms. The molecule has 0 bridgehead atoms. The molecule has 1 heterocycles. The van der Waals surface area contributed by atoms with Crippen LogP contribution in [0, 0.1) is 11.6 Å². The van der Waals surface area contributed by atoms with Crippen LogP contribution in [0.1, 0.15) is 16.2 Å². The highest BCUT2D eigenvalue weighted by Gasteiger charge is 2.38. The predicted molar refractivity (Wildman–Crippen MR) is 51.6 cm³/mol. The zero-order valence-corrected chi connectivity index (χ0v) is 9.20. The standard InChI is InChI=1S/C10H3F5N2O3/c11-4-1-3(2-5(12)6(4)8(18)19)7-16-9(20-17-7)10(13,14)15/h1-2H,(H,18,19). The number of hydrogen-bond donors (Lipinski definition) is 1. The Bertz CT molecular complexity index is 657. The Labute approximate surface area is 106 Å². The van der Waals surface area contributed by atoms with E-state index in [1.165, 1.54) is 0 Å². The third-order valence-electron chi connectivity index (χ3n) is 2.18. The fourth-order valence-corrected chi connectivity index (χ4v) is 1.36. The van der Waals surface area contributed by atoms with Crippen LogP contribution in [0.5, 0.6) is 0 Å². The van der Waals surface area contributed by atoms with Gasteiger partial charge in [0.1, 0.15) is 17.2 Å². The Hall–Kier alpha value is -2.52. The quantitative estimate of drug-likeness (QED) is 0.862. The van der Waals surface area contributed by atoms with Gasteiger partial charge in [-0.2, -0.15) is 18.2 Å². The monoisotopic (exact) mass is 294 g/mol. The van der Waals surface area contributed by atoms with Gasteiger partial charge in [0.15, 0.2) is 0 Å². The smallest absolute Gasteiger partial charge is 0.471 e. The van der Waals surface area contributed by atoms with E-state index in [9.17, 15) is 26.7 Å². The van der Waals surface area contributed by atoms with Gasteiger partial charge in [0, 0.05) is 5.56 Å². The molecule has 1 aromatic carbocycles. The summed E-state index contributed by atoms with van der Waals surface area (Å²) in [6.45, 7) is 0. The van der Waals surface area contributed by atoms with Gasteiger partial charge in [-0.05, 0) is 12.1 Å². The number of carboxylic acids is 1. The van der Waals surface area contributed by atoms with Crippen molar-refractivity contribution >= 4 is 5.97 Å². The number of aromatic carboxylic acids is 1. The van der Waals surface area contributed by atoms with E-state index < -0.39 is 46.6 Å². The molecule has 2 aromatic rings. The summed E-state index contributed by atoms with van der Waals surface area (Å²) >= 11 is 0. The zero-order chi connectivity index (χ0) is 15.1. The fraction of sp³-hybridized carbons (Fsp3) is 0.100. The maximum atomic E-state index is 13.4. The van der Waals surface area contributed by atoms with Gasteiger partial charge in [-0.3, -0.25) is 0 Å². The zero-order valence-electron chi connectivity index (χ0n) is 9.20. The Morgan fingerprint density at radius 2 is 1.75 bits per heavy atom. The van der Waals surface area contributed by atoms with Crippen molar-refractivity contribution in [1.82, 2.24) is 10.1 Å². The number of aromatic nitrogens is 2. The number of hydrogen-bond acceptors (Lipinski definition) is 4. The van der Waals surface area contributed by atoms with Gasteiger partial charge in [-0.15, -0.1) is 0 Å². The van der Waals surface area contributed by atoms with E-state index in [-0.39, 0.29) is 0 Å². The van der Waals surface area contributed by atoms with Crippen LogP contribution in [0.15, 0.2) is 16.7 Å². The van der Waals surface area contributed by atoms with Crippen LogP contribution in [0.2, 0.25) is 0 Å². The predicted octanol–water partition coefficient (Wildman–Crippen LogP) is 2.73. The van der Waals surface area contributed by atoms with Crippen molar-refractivity contribution in [3.05, 3.63) is 35.2 Å². The molecule has 0 radical (unpaired) electrons. The molecule has 0 saturated heterocycles. The second-order valence-corrected chi connectivity index (χ2v) is 3.54. The van der Waals surface area contributed by atoms with Gasteiger partial charge in [-0.1, -0.05) is 5.16 Å². The van der Waals surface area contributed by atoms with Crippen molar-refractivity contribution in [2.24, 2.45) is 0 Å². The molecule has 0 amide bonds. The molecule has 5 nitrogen and oxygen atoms in total. The number of rotatable bonds is 2. The first-order chi connectivity index (χ1) is 9.20. The molecule has 0 spiro atoms. The molecule has 0 fully saturated rings. The molecule has 1 N–H and O–H groups in total. The van der Waals surface area contributed by atoms with Gasteiger partial charge < -0.3 is 9.63 Å². The van der Waals surface area contributed by atoms with Crippen molar-refractivity contribution in [2.75, 3.05) is 0 Å². The van der Waals surface area contributed by atoms with E-state index in [4.69, 9.17) is 5.11 Å². The van der Waals surface area contributed by atoms with Crippen molar-refractivity contribution in [1.29, 1.82) is 0 Å². The highest BCUT2D eigenvalue weighted by Crippen LogP contribution is 2.30. The van der Waals surface area contributed by atoms with Crippen LogP contribution in [0.25, 0.3) is 11.4 Å². The molecule has 106 valence electrons. The first kappa shape index (κ1) is 13.9. The van der Waals surface area contributed by atoms with E-state index in [0.29, 0.717) is 12.1 Å². The van der Waals surface area contributed by atoms with E-state index >= 15 is 0 Å². The third-order valence-corrected chi connectivity index (χ3v) is 2.18. The molecule has 0 unspecified atom stereocenters. The Balaban J connectivity index is 2.49. The van der Waals surface area contributed by atoms with Gasteiger partial charge in [0.2, 0.25) is 5.82 Å². The molecule has 2 rings (SSSR count). The molecule has 0 aliphatic heterocycles. The van der Waals surface area contributed by atoms with Crippen LogP contribution >= 0.6 is 0 Å². The lowest BCUT2D eigenvalue weighted by Crippen LogP contribution is -2.06. The van der Waals surface area contributed by atoms with Crippen LogP contribution in [-0.4, -0.2) is 21.2 Å². The summed E-state index contributed by atoms with van der Waals surface area (Å²) in [4.78, 5) is 13.5. The topological polar surface area (TPSA) is 76.2 Å². The van der Waals surface area contributed by atoms with Crippen molar-refractivity contribution in [2.45, 2.75) is 6.18 Å². The van der Waals surface area contributed by atoms with E-state index in [0.717, 1.165) is 0 Å². The Morgan fingerprint density at radius 1 is 1.20 bits per heavy atom. The molecule has 0 saturated carbocycles. The van der Waals surface area contributed by atoms with Crippen molar-refractivity contribution in [3.8, 4) is 11.4 Å². The highest BCUT2D eigenvalue weighted by molar-refractivity contribution is 5.88. The summed E-state index contributed by atoms with van der Waals surface area (Å²) in [5.74, 6) is -7.19. The fourth-order valence-electron chi connectivity index (χ4n) is 1.36. The second kappa shape index (κ2) is 4.54. The lowest BCUT2D eigenvalue weighted by Gasteiger charge is -2.01. The van der Waals surface area contributed by atoms with E-state index in [1.54, 1.807) is 0 Å². The average molecular weight is 294 g/mol. The molecule has 0 aliphatic carbocycles. The first-order valence-corrected chi connectivity index (χ1v) is 4.83. The lowest BCUT2D eigenvalue weighted by atomic mass is 10.1. The number of carboxylic acid groups (broad SMARTS) is 1. The van der Waals surface area contributed by atoms with Gasteiger partial charge in [0.25, 0.3) is 0 Å².